The molecule has 9 heteroatoms. The van der Waals surface area contributed by atoms with E-state index >= 15 is 0 Å². The fourth-order valence-electron chi connectivity index (χ4n) is 7.58. The zero-order valence-corrected chi connectivity index (χ0v) is 28.3. The van der Waals surface area contributed by atoms with Gasteiger partial charge in [0.15, 0.2) is 0 Å². The van der Waals surface area contributed by atoms with Crippen molar-refractivity contribution in [2.45, 2.75) is 58.8 Å². The molecule has 6 rings (SSSR count). The predicted molar refractivity (Wildman–Crippen MR) is 191 cm³/mol. The molecule has 0 amide bonds. The maximum Gasteiger partial charge on any atom is 0.314 e. The average molecular weight is 649 g/mol. The summed E-state index contributed by atoms with van der Waals surface area (Å²) in [7, 11) is 1.37. The van der Waals surface area contributed by atoms with Crippen molar-refractivity contribution in [2.75, 3.05) is 26.9 Å². The van der Waals surface area contributed by atoms with Crippen LogP contribution in [0.1, 0.15) is 78.1 Å². The second kappa shape index (κ2) is 13.1. The Morgan fingerprint density at radius 2 is 1.56 bits per heavy atom. The molecule has 3 aromatic rings. The van der Waals surface area contributed by atoms with Gasteiger partial charge in [-0.2, -0.15) is 0 Å². The molecule has 0 unspecified atom stereocenters. The van der Waals surface area contributed by atoms with Crippen LogP contribution >= 0.6 is 0 Å². The number of nitrogens with one attached hydrogen (secondary N) is 2. The van der Waals surface area contributed by atoms with Gasteiger partial charge in [-0.05, 0) is 117 Å². The molecule has 0 radical (unpaired) electrons. The number of aryl methyl sites for hydroxylation is 3. The van der Waals surface area contributed by atoms with Crippen molar-refractivity contribution in [3.05, 3.63) is 93.6 Å². The quantitative estimate of drug-likeness (QED) is 0.172. The molecule has 8 bridgehead atoms. The van der Waals surface area contributed by atoms with Crippen LogP contribution in [-0.4, -0.2) is 68.2 Å². The van der Waals surface area contributed by atoms with Crippen molar-refractivity contribution in [1.29, 1.82) is 0 Å². The summed E-state index contributed by atoms with van der Waals surface area (Å²) in [5.41, 5.74) is 13.2. The van der Waals surface area contributed by atoms with Crippen LogP contribution < -0.4 is 0 Å². The van der Waals surface area contributed by atoms with Gasteiger partial charge in [0, 0.05) is 40.8 Å². The molecule has 1 aliphatic carbocycles. The van der Waals surface area contributed by atoms with E-state index < -0.39 is 17.3 Å². The van der Waals surface area contributed by atoms with Gasteiger partial charge < -0.3 is 30.0 Å². The molecule has 5 heterocycles. The van der Waals surface area contributed by atoms with Gasteiger partial charge in [0.1, 0.15) is 0 Å². The summed E-state index contributed by atoms with van der Waals surface area (Å²) >= 11 is 0. The smallest absolute Gasteiger partial charge is 0.314 e. The summed E-state index contributed by atoms with van der Waals surface area (Å²) in [4.78, 5) is 31.0. The molecule has 48 heavy (non-hydrogen) atoms. The van der Waals surface area contributed by atoms with Crippen LogP contribution in [0.4, 0.5) is 0 Å². The number of methoxy groups -OCH3 is 1. The van der Waals surface area contributed by atoms with E-state index in [-0.39, 0.29) is 19.8 Å². The number of hydrogen-bond donors (Lipinski definition) is 5. The number of aromatic amines is 2. The maximum absolute atomic E-state index is 13.5. The number of aliphatic hydroxyl groups excluding tert-OH is 3. The van der Waals surface area contributed by atoms with Gasteiger partial charge in [-0.25, -0.2) is 4.98 Å². The Hall–Kier alpha value is -4.57. The summed E-state index contributed by atoms with van der Waals surface area (Å²) in [5.74, 6) is -1.23. The summed E-state index contributed by atoms with van der Waals surface area (Å²) in [6.45, 7) is 12.1. The molecule has 2 aliphatic heterocycles. The first-order chi connectivity index (χ1) is 23.1. The Morgan fingerprint density at radius 3 is 2.25 bits per heavy atom. The molecule has 0 aromatic carbocycles. The third kappa shape index (κ3) is 5.36. The highest BCUT2D eigenvalue weighted by atomic mass is 16.5. The topological polar surface area (TPSA) is 144 Å². The molecule has 0 fully saturated rings. The number of carbonyl (C=O) groups excluding carboxylic acids is 1. The number of carbonyl (C=O) groups is 1. The van der Waals surface area contributed by atoms with Crippen LogP contribution in [0, 0.1) is 19.8 Å². The number of nitrogens with zero attached hydrogens (tertiary/aromatic N) is 2. The number of fused-ring (bicyclic) bond motifs is 11. The van der Waals surface area contributed by atoms with Gasteiger partial charge >= 0.3 is 5.97 Å². The van der Waals surface area contributed by atoms with E-state index in [1.54, 1.807) is 6.08 Å². The molecular formula is C39H44N4O5. The fourth-order valence-corrected chi connectivity index (χ4v) is 7.58. The van der Waals surface area contributed by atoms with E-state index in [4.69, 9.17) is 14.7 Å². The van der Waals surface area contributed by atoms with Crippen molar-refractivity contribution in [1.82, 2.24) is 19.9 Å². The van der Waals surface area contributed by atoms with Crippen LogP contribution in [0.25, 0.3) is 44.9 Å². The Balaban J connectivity index is 1.78. The fraction of sp³-hybridized carbons (Fsp3) is 0.359. The number of aromatic nitrogens is 4. The van der Waals surface area contributed by atoms with E-state index in [9.17, 15) is 20.1 Å². The third-order valence-electron chi connectivity index (χ3n) is 10.3. The number of hydrogen-bond acceptors (Lipinski definition) is 7. The number of rotatable bonds is 9. The van der Waals surface area contributed by atoms with Crippen molar-refractivity contribution >= 4 is 50.8 Å². The van der Waals surface area contributed by atoms with Crippen LogP contribution in [0.2, 0.25) is 0 Å². The highest BCUT2D eigenvalue weighted by Gasteiger charge is 2.51. The highest BCUT2D eigenvalue weighted by Crippen LogP contribution is 2.52. The summed E-state index contributed by atoms with van der Waals surface area (Å²) in [6, 6.07) is 8.14. The van der Waals surface area contributed by atoms with E-state index in [1.807, 2.05) is 38.1 Å². The lowest BCUT2D eigenvalue weighted by Crippen LogP contribution is -2.41. The molecule has 3 aliphatic rings. The SMILES string of the molecule is C=Cc1c(C)c2cc3nc(cc4[nH]c(cc5nc(cc1[nH]2)C(C)=C5CCCO)c(CCCO)c4C)[C@]1(C)C3=CC=C(CO)[C@@H]1C(=O)OC. The second-order valence-electron chi connectivity index (χ2n) is 13.0. The summed E-state index contributed by atoms with van der Waals surface area (Å²) in [5, 5.41) is 29.9. The molecule has 250 valence electrons. The number of esters is 1. The second-order valence-corrected chi connectivity index (χ2v) is 13.0. The normalized spacial score (nSPS) is 18.8. The summed E-state index contributed by atoms with van der Waals surface area (Å²) < 4.78 is 5.32. The van der Waals surface area contributed by atoms with Crippen LogP contribution in [-0.2, 0) is 21.4 Å². The lowest BCUT2D eigenvalue weighted by atomic mass is 9.64. The first kappa shape index (κ1) is 33.3. The minimum absolute atomic E-state index is 0.0604. The molecule has 0 saturated carbocycles. The predicted octanol–water partition coefficient (Wildman–Crippen LogP) is 6.27. The molecular weight excluding hydrogens is 604 g/mol. The van der Waals surface area contributed by atoms with Gasteiger partial charge in [0.2, 0.25) is 0 Å². The van der Waals surface area contributed by atoms with E-state index in [0.717, 1.165) is 72.4 Å². The first-order valence-electron chi connectivity index (χ1n) is 16.5. The highest BCUT2D eigenvalue weighted by molar-refractivity contribution is 5.94. The maximum atomic E-state index is 13.5. The number of H-pyrrole nitrogens is 2. The lowest BCUT2D eigenvalue weighted by molar-refractivity contribution is -0.145. The molecule has 2 atom stereocenters. The number of aliphatic hydroxyl groups is 3. The molecule has 5 N–H and O–H groups in total. The zero-order chi connectivity index (χ0) is 34.3. The summed E-state index contributed by atoms with van der Waals surface area (Å²) in [6.07, 6.45) is 8.13. The zero-order valence-electron chi connectivity index (χ0n) is 28.3. The number of ether oxygens (including phenoxy) is 1. The van der Waals surface area contributed by atoms with Crippen LogP contribution in [0.15, 0.2) is 48.6 Å². The Kier molecular flexibility index (Phi) is 9.13. The third-order valence-corrected chi connectivity index (χ3v) is 10.3. The van der Waals surface area contributed by atoms with Gasteiger partial charge in [0.25, 0.3) is 0 Å². The van der Waals surface area contributed by atoms with Crippen molar-refractivity contribution in [3.8, 4) is 0 Å². The lowest BCUT2D eigenvalue weighted by Gasteiger charge is -2.37. The molecule has 9 nitrogen and oxygen atoms in total. The monoisotopic (exact) mass is 648 g/mol. The van der Waals surface area contributed by atoms with E-state index in [2.05, 4.69) is 42.5 Å². The van der Waals surface area contributed by atoms with Gasteiger partial charge in [-0.1, -0.05) is 24.8 Å². The average Bonchev–Trinajstić information content (AvgIpc) is 3.73. The number of allylic oxidation sites excluding steroid dienone is 5. The first-order valence-corrected chi connectivity index (χ1v) is 16.5. The minimum atomic E-state index is -0.931. The molecule has 0 saturated heterocycles. The standard InChI is InChI=1S/C39H44N4O5/c1-7-25-21(2)30-17-35-28-13-12-24(20-46)37(38(47)48-6)39(28,5)36(43-35)19-31-23(4)27(11-9-15-45)34(42-31)18-33-26(10-8-14-44)22(3)29(41-33)16-32(25)40-30/h7,12-13,16-19,37,40,42,44-46H,1,8-11,14-15,20H2,2-6H3/t37-,39+/m1/s1. The van der Waals surface area contributed by atoms with Crippen molar-refractivity contribution < 1.29 is 24.9 Å². The molecule has 3 aromatic heterocycles. The van der Waals surface area contributed by atoms with Crippen LogP contribution in [0.3, 0.4) is 0 Å². The van der Waals surface area contributed by atoms with Gasteiger partial charge in [-0.15, -0.1) is 0 Å². The van der Waals surface area contributed by atoms with Crippen molar-refractivity contribution in [3.63, 3.8) is 0 Å². The minimum Gasteiger partial charge on any atom is -0.469 e. The van der Waals surface area contributed by atoms with Gasteiger partial charge in [-0.3, -0.25) is 9.78 Å². The van der Waals surface area contributed by atoms with Gasteiger partial charge in [0.05, 0.1) is 47.8 Å². The van der Waals surface area contributed by atoms with Crippen LogP contribution in [0.5, 0.6) is 0 Å². The Morgan fingerprint density at radius 1 is 0.896 bits per heavy atom. The Labute approximate surface area is 280 Å². The van der Waals surface area contributed by atoms with E-state index in [0.29, 0.717) is 42.6 Å². The largest absolute Gasteiger partial charge is 0.469 e. The van der Waals surface area contributed by atoms with E-state index in [1.165, 1.54) is 7.11 Å². The molecule has 0 spiro atoms. The van der Waals surface area contributed by atoms with Crippen molar-refractivity contribution in [2.24, 2.45) is 5.92 Å². The Bertz CT molecular complexity index is 2080.